The van der Waals surface area contributed by atoms with Crippen LogP contribution < -0.4 is 10.1 Å². The summed E-state index contributed by atoms with van der Waals surface area (Å²) in [5, 5.41) is 12.2. The van der Waals surface area contributed by atoms with E-state index in [1.807, 2.05) is 91.0 Å². The van der Waals surface area contributed by atoms with Crippen molar-refractivity contribution in [2.24, 2.45) is 0 Å². The van der Waals surface area contributed by atoms with Gasteiger partial charge in [-0.15, -0.1) is 11.8 Å². The molecule has 10 heteroatoms. The summed E-state index contributed by atoms with van der Waals surface area (Å²) in [5.74, 6) is 0.868. The topological polar surface area (TPSA) is 77.0 Å². The largest absolute Gasteiger partial charge is 0.496 e. The summed E-state index contributed by atoms with van der Waals surface area (Å²) < 4.78 is 16.7. The number of nitrogens with one attached hydrogen (secondary N) is 1. The van der Waals surface area contributed by atoms with Crippen molar-refractivity contribution in [3.8, 4) is 16.9 Å². The molecule has 0 bridgehead atoms. The Bertz CT molecular complexity index is 1560. The number of hydrogen-bond donors (Lipinski definition) is 2. The number of thioether (sulfide) groups is 1. The van der Waals surface area contributed by atoms with E-state index in [1.54, 1.807) is 18.9 Å². The third-order valence-corrected chi connectivity index (χ3v) is 8.94. The van der Waals surface area contributed by atoms with Crippen molar-refractivity contribution in [3.05, 3.63) is 119 Å². The number of para-hydroxylation sites is 1. The van der Waals surface area contributed by atoms with Gasteiger partial charge < -0.3 is 24.6 Å². The lowest BCUT2D eigenvalue weighted by Gasteiger charge is -2.36. The molecule has 0 unspecified atom stereocenters. The minimum absolute atomic E-state index is 0.0109. The average Bonchev–Trinajstić information content (AvgIpc) is 3.06. The van der Waals surface area contributed by atoms with Crippen LogP contribution >= 0.6 is 46.6 Å². The normalized spacial score (nSPS) is 18.5. The van der Waals surface area contributed by atoms with Crippen LogP contribution in [0.3, 0.4) is 0 Å². The average molecular weight is 673 g/mol. The Labute approximate surface area is 276 Å². The second-order valence-electron chi connectivity index (χ2n) is 10.3. The fraction of sp³-hybridized carbons (Fsp3) is 0.265. The molecule has 1 heterocycles. The molecule has 1 fully saturated rings. The third kappa shape index (κ3) is 8.49. The number of carbonyl (C=O) groups is 1. The summed E-state index contributed by atoms with van der Waals surface area (Å²) in [6, 6.07) is 31.7. The molecule has 0 saturated carbocycles. The highest BCUT2D eigenvalue weighted by Gasteiger charge is 2.33. The number of methoxy groups -OCH3 is 1. The molecular weight excluding hydrogens is 641 g/mol. The highest BCUT2D eigenvalue weighted by atomic mass is 35.6. The quantitative estimate of drug-likeness (QED) is 0.131. The Morgan fingerprint density at radius 3 is 2.36 bits per heavy atom. The maximum Gasteiger partial charge on any atom is 0.272 e. The predicted octanol–water partition coefficient (Wildman–Crippen LogP) is 8.18. The van der Waals surface area contributed by atoms with Crippen LogP contribution in [-0.4, -0.2) is 33.8 Å². The van der Waals surface area contributed by atoms with Gasteiger partial charge in [-0.2, -0.15) is 0 Å². The van der Waals surface area contributed by atoms with Gasteiger partial charge in [0.15, 0.2) is 6.29 Å². The second kappa shape index (κ2) is 15.0. The molecule has 2 N–H and O–H groups in total. The van der Waals surface area contributed by atoms with Crippen molar-refractivity contribution in [1.82, 2.24) is 5.32 Å². The van der Waals surface area contributed by atoms with Gasteiger partial charge in [0.2, 0.25) is 0 Å². The number of aliphatic hydroxyl groups excluding tert-OH is 1. The van der Waals surface area contributed by atoms with E-state index >= 15 is 0 Å². The number of amides is 1. The molecule has 1 aliphatic rings. The molecule has 3 atom stereocenters. The lowest BCUT2D eigenvalue weighted by atomic mass is 9.99. The Morgan fingerprint density at radius 1 is 0.909 bits per heavy atom. The minimum Gasteiger partial charge on any atom is -0.496 e. The second-order valence-corrected chi connectivity index (χ2v) is 13.7. The Balaban J connectivity index is 1.37. The van der Waals surface area contributed by atoms with Crippen LogP contribution in [0.2, 0.25) is 0 Å². The standard InChI is InChI=1S/C34H32Cl3NO5S/c1-41-29-10-2-3-11-31(29)44-21-28-18-30(24-14-12-22(20-39)13-15-24)43-32(42-28)27-9-5-8-26(17-27)25-7-4-6-23(16-25)19-38-33(40)34(35,36)37/h2-17,28,30,32,39H,18-21H2,1H3,(H,38,40)/t28-,30+,32+/m0/s1. The molecule has 6 nitrogen and oxygen atoms in total. The minimum atomic E-state index is -2.02. The monoisotopic (exact) mass is 671 g/mol. The molecule has 4 aromatic rings. The van der Waals surface area contributed by atoms with Gasteiger partial charge >= 0.3 is 0 Å². The van der Waals surface area contributed by atoms with E-state index in [9.17, 15) is 9.90 Å². The molecule has 0 spiro atoms. The first-order valence-electron chi connectivity index (χ1n) is 14.0. The molecule has 0 radical (unpaired) electrons. The van der Waals surface area contributed by atoms with Crippen LogP contribution in [0.5, 0.6) is 5.75 Å². The number of benzene rings is 4. The summed E-state index contributed by atoms with van der Waals surface area (Å²) >= 11 is 18.7. The summed E-state index contributed by atoms with van der Waals surface area (Å²) in [6.07, 6.45) is -0.210. The van der Waals surface area contributed by atoms with Crippen molar-refractivity contribution >= 4 is 52.5 Å². The van der Waals surface area contributed by atoms with Gasteiger partial charge in [-0.1, -0.05) is 108 Å². The first kappa shape index (κ1) is 32.6. The number of carbonyl (C=O) groups excluding carboxylic acids is 1. The van der Waals surface area contributed by atoms with E-state index in [1.165, 1.54) is 0 Å². The van der Waals surface area contributed by atoms with Crippen LogP contribution in [0, 0.1) is 0 Å². The lowest BCUT2D eigenvalue weighted by Crippen LogP contribution is -2.33. The van der Waals surface area contributed by atoms with E-state index in [4.69, 9.17) is 49.0 Å². The number of alkyl halides is 3. The van der Waals surface area contributed by atoms with Crippen LogP contribution in [0.4, 0.5) is 0 Å². The number of hydrogen-bond acceptors (Lipinski definition) is 6. The first-order chi connectivity index (χ1) is 21.2. The lowest BCUT2D eigenvalue weighted by molar-refractivity contribution is -0.245. The molecule has 4 aromatic carbocycles. The highest BCUT2D eigenvalue weighted by molar-refractivity contribution is 7.99. The molecule has 1 amide bonds. The van der Waals surface area contributed by atoms with Gasteiger partial charge in [0, 0.05) is 29.2 Å². The van der Waals surface area contributed by atoms with Crippen molar-refractivity contribution < 1.29 is 24.1 Å². The predicted molar refractivity (Wildman–Crippen MR) is 176 cm³/mol. The van der Waals surface area contributed by atoms with Crippen LogP contribution in [0.25, 0.3) is 11.1 Å². The van der Waals surface area contributed by atoms with Crippen LogP contribution in [-0.2, 0) is 27.4 Å². The summed E-state index contributed by atoms with van der Waals surface area (Å²) in [5.41, 5.74) is 5.56. The SMILES string of the molecule is COc1ccccc1SC[C@@H]1C[C@H](c2ccc(CO)cc2)O[C@H](c2cccc(-c3cccc(CNC(=O)C(Cl)(Cl)Cl)c3)c2)O1. The Hall–Kier alpha value is -2.75. The molecule has 230 valence electrons. The Morgan fingerprint density at radius 2 is 1.64 bits per heavy atom. The first-order valence-corrected chi connectivity index (χ1v) is 16.2. The molecule has 1 aliphatic heterocycles. The summed E-state index contributed by atoms with van der Waals surface area (Å²) in [6.45, 7) is 0.209. The molecule has 0 aromatic heterocycles. The van der Waals surface area contributed by atoms with E-state index < -0.39 is 16.0 Å². The van der Waals surface area contributed by atoms with Gasteiger partial charge in [-0.25, -0.2) is 0 Å². The molecule has 5 rings (SSSR count). The zero-order valence-electron chi connectivity index (χ0n) is 23.9. The number of aliphatic hydroxyl groups is 1. The Kier molecular flexibility index (Phi) is 11.1. The number of ether oxygens (including phenoxy) is 3. The molecule has 44 heavy (non-hydrogen) atoms. The molecule has 1 saturated heterocycles. The van der Waals surface area contributed by atoms with E-state index in [0.29, 0.717) is 12.2 Å². The smallest absolute Gasteiger partial charge is 0.272 e. The number of halogens is 3. The van der Waals surface area contributed by atoms with E-state index in [0.717, 1.165) is 44.0 Å². The van der Waals surface area contributed by atoms with Crippen molar-refractivity contribution in [2.75, 3.05) is 12.9 Å². The molecule has 0 aliphatic carbocycles. The zero-order chi connectivity index (χ0) is 31.1. The fourth-order valence-corrected chi connectivity index (χ4v) is 6.20. The van der Waals surface area contributed by atoms with Gasteiger partial charge in [0.25, 0.3) is 9.70 Å². The van der Waals surface area contributed by atoms with Crippen molar-refractivity contribution in [2.45, 2.75) is 46.8 Å². The van der Waals surface area contributed by atoms with E-state index in [-0.39, 0.29) is 25.4 Å². The van der Waals surface area contributed by atoms with E-state index in [2.05, 4.69) is 11.4 Å². The van der Waals surface area contributed by atoms with Crippen LogP contribution in [0.1, 0.15) is 41.1 Å². The van der Waals surface area contributed by atoms with Gasteiger partial charge in [0.1, 0.15) is 5.75 Å². The summed E-state index contributed by atoms with van der Waals surface area (Å²) in [7, 11) is 1.68. The van der Waals surface area contributed by atoms with Crippen LogP contribution in [0.15, 0.2) is 102 Å². The maximum atomic E-state index is 12.0. The third-order valence-electron chi connectivity index (χ3n) is 7.24. The van der Waals surface area contributed by atoms with Crippen molar-refractivity contribution in [3.63, 3.8) is 0 Å². The summed E-state index contributed by atoms with van der Waals surface area (Å²) in [4.78, 5) is 13.1. The van der Waals surface area contributed by atoms with Crippen molar-refractivity contribution in [1.29, 1.82) is 0 Å². The highest BCUT2D eigenvalue weighted by Crippen LogP contribution is 2.41. The fourth-order valence-electron chi connectivity index (χ4n) is 4.95. The van der Waals surface area contributed by atoms with Gasteiger partial charge in [0.05, 0.1) is 25.9 Å². The van der Waals surface area contributed by atoms with Gasteiger partial charge in [-0.05, 0) is 52.1 Å². The zero-order valence-corrected chi connectivity index (χ0v) is 27.0. The number of rotatable bonds is 10. The maximum absolute atomic E-state index is 12.0. The molecular formula is C34H32Cl3NO5S. The van der Waals surface area contributed by atoms with Gasteiger partial charge in [-0.3, -0.25) is 4.79 Å².